The number of carbonyl (C=O) groups is 4. The summed E-state index contributed by atoms with van der Waals surface area (Å²) in [4.78, 5) is 49.1. The summed E-state index contributed by atoms with van der Waals surface area (Å²) in [5.41, 5.74) is 6.02. The van der Waals surface area contributed by atoms with Crippen molar-refractivity contribution in [3.63, 3.8) is 0 Å². The Hall–Kier alpha value is -4.66. The number of hydrazine groups is 1. The maximum Gasteiger partial charge on any atom is 0.269 e. The van der Waals surface area contributed by atoms with Gasteiger partial charge in [-0.05, 0) is 48.5 Å². The van der Waals surface area contributed by atoms with Crippen LogP contribution in [0.4, 0.5) is 5.69 Å². The van der Waals surface area contributed by atoms with Crippen molar-refractivity contribution in [1.29, 1.82) is 0 Å². The minimum atomic E-state index is -0.467. The maximum absolute atomic E-state index is 12.6. The predicted octanol–water partition coefficient (Wildman–Crippen LogP) is 2.53. The van der Waals surface area contributed by atoms with Crippen LogP contribution in [0.25, 0.3) is 0 Å². The Morgan fingerprint density at radius 3 is 2.06 bits per heavy atom. The molecule has 0 fully saturated rings. The molecule has 3 rings (SSSR count). The summed E-state index contributed by atoms with van der Waals surface area (Å²) in [6, 6.07) is 21.6. The lowest BCUT2D eigenvalue weighted by molar-refractivity contribution is -0.121. The van der Waals surface area contributed by atoms with E-state index in [1.165, 1.54) is 7.11 Å². The van der Waals surface area contributed by atoms with Gasteiger partial charge in [-0.15, -0.1) is 0 Å². The fraction of sp³-hybridized carbons (Fsp3) is 0.120. The van der Waals surface area contributed by atoms with Gasteiger partial charge in [0.15, 0.2) is 0 Å². The van der Waals surface area contributed by atoms with Crippen molar-refractivity contribution >= 4 is 29.3 Å². The average Bonchev–Trinajstić information content (AvgIpc) is 2.88. The monoisotopic (exact) mass is 460 g/mol. The second-order valence-corrected chi connectivity index (χ2v) is 7.10. The summed E-state index contributed by atoms with van der Waals surface area (Å²) in [5, 5.41) is 5.36. The van der Waals surface area contributed by atoms with Crippen LogP contribution in [0.1, 0.15) is 37.5 Å². The molecule has 0 atom stereocenters. The van der Waals surface area contributed by atoms with Crippen molar-refractivity contribution in [3.05, 3.63) is 95.6 Å². The van der Waals surface area contributed by atoms with Gasteiger partial charge in [0.25, 0.3) is 17.7 Å². The molecule has 34 heavy (non-hydrogen) atoms. The molecule has 174 valence electrons. The normalized spacial score (nSPS) is 10.0. The van der Waals surface area contributed by atoms with Gasteiger partial charge in [-0.25, -0.2) is 0 Å². The molecule has 0 bridgehead atoms. The first-order valence-electron chi connectivity index (χ1n) is 10.4. The first-order valence-corrected chi connectivity index (χ1v) is 10.4. The zero-order chi connectivity index (χ0) is 24.3. The molecule has 3 aromatic rings. The van der Waals surface area contributed by atoms with Crippen LogP contribution in [-0.4, -0.2) is 37.3 Å². The lowest BCUT2D eigenvalue weighted by Crippen LogP contribution is -2.42. The molecular formula is C25H24N4O5. The van der Waals surface area contributed by atoms with Crippen molar-refractivity contribution in [2.75, 3.05) is 19.0 Å². The minimum Gasteiger partial charge on any atom is -0.497 e. The number of methoxy groups -OCH3 is 1. The van der Waals surface area contributed by atoms with Crippen LogP contribution >= 0.6 is 0 Å². The van der Waals surface area contributed by atoms with Gasteiger partial charge in [0.05, 0.1) is 18.4 Å². The van der Waals surface area contributed by atoms with Gasteiger partial charge in [0.1, 0.15) is 5.75 Å². The molecule has 0 unspecified atom stereocenters. The highest BCUT2D eigenvalue weighted by molar-refractivity contribution is 6.09. The molecule has 0 saturated carbocycles. The molecule has 0 saturated heterocycles. The van der Waals surface area contributed by atoms with E-state index in [2.05, 4.69) is 21.5 Å². The SMILES string of the molecule is COc1ccc(C(=O)Nc2ccccc2C(=O)NCCC(=O)NNC(=O)c2ccccc2)cc1. The van der Waals surface area contributed by atoms with Crippen molar-refractivity contribution in [2.24, 2.45) is 0 Å². The number of hydrogen-bond acceptors (Lipinski definition) is 5. The Bertz CT molecular complexity index is 1160. The number of para-hydroxylation sites is 1. The van der Waals surface area contributed by atoms with E-state index in [9.17, 15) is 19.2 Å². The molecule has 0 aliphatic carbocycles. The molecule has 4 amide bonds. The van der Waals surface area contributed by atoms with Crippen LogP contribution in [0, 0.1) is 0 Å². The number of carbonyl (C=O) groups excluding carboxylic acids is 4. The number of benzene rings is 3. The Morgan fingerprint density at radius 2 is 1.35 bits per heavy atom. The van der Waals surface area contributed by atoms with Crippen molar-refractivity contribution in [1.82, 2.24) is 16.2 Å². The molecule has 0 aliphatic rings. The van der Waals surface area contributed by atoms with E-state index in [4.69, 9.17) is 4.74 Å². The number of nitrogens with one attached hydrogen (secondary N) is 4. The Morgan fingerprint density at radius 1 is 0.706 bits per heavy atom. The molecular weight excluding hydrogens is 436 g/mol. The Balaban J connectivity index is 1.49. The average molecular weight is 460 g/mol. The van der Waals surface area contributed by atoms with Crippen LogP contribution in [0.15, 0.2) is 78.9 Å². The Labute approximate surface area is 196 Å². The molecule has 0 spiro atoms. The summed E-state index contributed by atoms with van der Waals surface area (Å²) in [6.07, 6.45) is -0.0544. The molecule has 9 heteroatoms. The predicted molar refractivity (Wildman–Crippen MR) is 126 cm³/mol. The number of anilines is 1. The number of ether oxygens (including phenoxy) is 1. The zero-order valence-corrected chi connectivity index (χ0v) is 18.5. The standard InChI is InChI=1S/C25H24N4O5/c1-34-19-13-11-18(12-14-19)23(31)27-21-10-6-5-9-20(21)25(33)26-16-15-22(30)28-29-24(32)17-7-3-2-4-8-17/h2-14H,15-16H2,1H3,(H,26,33)(H,27,31)(H,28,30)(H,29,32). The smallest absolute Gasteiger partial charge is 0.269 e. The van der Waals surface area contributed by atoms with Crippen LogP contribution in [-0.2, 0) is 4.79 Å². The van der Waals surface area contributed by atoms with Crippen LogP contribution in [0.2, 0.25) is 0 Å². The van der Waals surface area contributed by atoms with Crippen molar-refractivity contribution in [3.8, 4) is 5.75 Å². The highest BCUT2D eigenvalue weighted by Crippen LogP contribution is 2.17. The van der Waals surface area contributed by atoms with Gasteiger partial charge in [-0.1, -0.05) is 30.3 Å². The molecule has 3 aromatic carbocycles. The topological polar surface area (TPSA) is 126 Å². The largest absolute Gasteiger partial charge is 0.497 e. The van der Waals surface area contributed by atoms with Gasteiger partial charge in [-0.3, -0.25) is 30.0 Å². The van der Waals surface area contributed by atoms with Crippen molar-refractivity contribution in [2.45, 2.75) is 6.42 Å². The summed E-state index contributed by atoms with van der Waals surface area (Å²) in [7, 11) is 1.54. The van der Waals surface area contributed by atoms with E-state index in [1.807, 2.05) is 0 Å². The third-order valence-corrected chi connectivity index (χ3v) is 4.76. The van der Waals surface area contributed by atoms with Gasteiger partial charge >= 0.3 is 0 Å². The quantitative estimate of drug-likeness (QED) is 0.385. The molecule has 0 radical (unpaired) electrons. The number of hydrogen-bond donors (Lipinski definition) is 4. The fourth-order valence-electron chi connectivity index (χ4n) is 2.96. The summed E-state index contributed by atoms with van der Waals surface area (Å²) in [5.74, 6) is -1.12. The highest BCUT2D eigenvalue weighted by Gasteiger charge is 2.15. The summed E-state index contributed by atoms with van der Waals surface area (Å²) in [6.45, 7) is 0.0344. The second kappa shape index (κ2) is 11.8. The third-order valence-electron chi connectivity index (χ3n) is 4.76. The number of rotatable bonds is 8. The molecule has 0 heterocycles. The second-order valence-electron chi connectivity index (χ2n) is 7.10. The summed E-state index contributed by atoms with van der Waals surface area (Å²) >= 11 is 0. The Kier molecular flexibility index (Phi) is 8.34. The van der Waals surface area contributed by atoms with E-state index in [0.717, 1.165) is 0 Å². The lowest BCUT2D eigenvalue weighted by Gasteiger charge is -2.12. The van der Waals surface area contributed by atoms with Crippen LogP contribution < -0.4 is 26.2 Å². The van der Waals surface area contributed by atoms with E-state index in [1.54, 1.807) is 78.9 Å². The fourth-order valence-corrected chi connectivity index (χ4v) is 2.96. The van der Waals surface area contributed by atoms with Gasteiger partial charge in [0, 0.05) is 24.1 Å². The van der Waals surface area contributed by atoms with Crippen LogP contribution in [0.3, 0.4) is 0 Å². The first-order chi connectivity index (χ1) is 16.5. The highest BCUT2D eigenvalue weighted by atomic mass is 16.5. The van der Waals surface area contributed by atoms with E-state index in [-0.39, 0.29) is 24.4 Å². The third kappa shape index (κ3) is 6.67. The van der Waals surface area contributed by atoms with E-state index < -0.39 is 17.7 Å². The maximum atomic E-state index is 12.6. The van der Waals surface area contributed by atoms with Gasteiger partial charge in [-0.2, -0.15) is 0 Å². The summed E-state index contributed by atoms with van der Waals surface area (Å²) < 4.78 is 5.09. The van der Waals surface area contributed by atoms with Crippen LogP contribution in [0.5, 0.6) is 5.75 Å². The van der Waals surface area contributed by atoms with E-state index in [0.29, 0.717) is 22.6 Å². The van der Waals surface area contributed by atoms with E-state index >= 15 is 0 Å². The first kappa shape index (κ1) is 24.0. The molecule has 9 nitrogen and oxygen atoms in total. The van der Waals surface area contributed by atoms with Gasteiger partial charge < -0.3 is 15.4 Å². The zero-order valence-electron chi connectivity index (χ0n) is 18.5. The lowest BCUT2D eigenvalue weighted by atomic mass is 10.1. The molecule has 0 aliphatic heterocycles. The number of amides is 4. The van der Waals surface area contributed by atoms with Gasteiger partial charge in [0.2, 0.25) is 5.91 Å². The van der Waals surface area contributed by atoms with Crippen molar-refractivity contribution < 1.29 is 23.9 Å². The molecule has 0 aromatic heterocycles. The minimum absolute atomic E-state index is 0.0344. The molecule has 4 N–H and O–H groups in total.